The van der Waals surface area contributed by atoms with Crippen LogP contribution >= 0.6 is 15.9 Å². The van der Waals surface area contributed by atoms with E-state index in [1.54, 1.807) is 6.20 Å². The molecule has 0 saturated carbocycles. The van der Waals surface area contributed by atoms with Crippen molar-refractivity contribution >= 4 is 15.9 Å². The van der Waals surface area contributed by atoms with Gasteiger partial charge in [-0.2, -0.15) is 0 Å². The fraction of sp³-hybridized carbons (Fsp3) is 0.545. The van der Waals surface area contributed by atoms with Crippen LogP contribution in [0.3, 0.4) is 0 Å². The topological polar surface area (TPSA) is 42.4 Å². The molecule has 0 aromatic carbocycles. The smallest absolute Gasteiger partial charge is 0.0646 e. The van der Waals surface area contributed by atoms with E-state index in [4.69, 9.17) is 4.74 Å². The number of nitrogens with zero attached hydrogens (tertiary/aromatic N) is 1. The van der Waals surface area contributed by atoms with Gasteiger partial charge in [0, 0.05) is 35.3 Å². The van der Waals surface area contributed by atoms with Gasteiger partial charge in [0.2, 0.25) is 0 Å². The SMILES string of the molecule is OC(Cc1ccc(Br)cn1)C1CCOC1. The van der Waals surface area contributed by atoms with E-state index >= 15 is 0 Å². The Hall–Kier alpha value is -0.450. The lowest BCUT2D eigenvalue weighted by Gasteiger charge is -2.15. The van der Waals surface area contributed by atoms with E-state index in [2.05, 4.69) is 20.9 Å². The fourth-order valence-corrected chi connectivity index (χ4v) is 2.00. The van der Waals surface area contributed by atoms with Crippen LogP contribution in [0.5, 0.6) is 0 Å². The highest BCUT2D eigenvalue weighted by molar-refractivity contribution is 9.10. The highest BCUT2D eigenvalue weighted by atomic mass is 79.9. The molecule has 0 bridgehead atoms. The predicted molar refractivity (Wildman–Crippen MR) is 60.6 cm³/mol. The summed E-state index contributed by atoms with van der Waals surface area (Å²) in [6.45, 7) is 1.45. The van der Waals surface area contributed by atoms with Crippen LogP contribution < -0.4 is 0 Å². The summed E-state index contributed by atoms with van der Waals surface area (Å²) < 4.78 is 6.21. The third-order valence-corrected chi connectivity index (χ3v) is 3.19. The molecule has 1 fully saturated rings. The van der Waals surface area contributed by atoms with E-state index in [0.717, 1.165) is 23.2 Å². The van der Waals surface area contributed by atoms with E-state index in [-0.39, 0.29) is 12.0 Å². The monoisotopic (exact) mass is 271 g/mol. The minimum Gasteiger partial charge on any atom is -0.392 e. The summed E-state index contributed by atoms with van der Waals surface area (Å²) in [7, 11) is 0. The first-order valence-electron chi connectivity index (χ1n) is 5.12. The molecule has 2 heterocycles. The Morgan fingerprint density at radius 3 is 3.07 bits per heavy atom. The normalized spacial score (nSPS) is 22.9. The second-order valence-corrected chi connectivity index (χ2v) is 4.78. The average Bonchev–Trinajstić information content (AvgIpc) is 2.74. The first kappa shape index (κ1) is 11.0. The maximum atomic E-state index is 9.94. The molecule has 0 spiro atoms. The Morgan fingerprint density at radius 1 is 1.60 bits per heavy atom. The zero-order valence-electron chi connectivity index (χ0n) is 8.40. The van der Waals surface area contributed by atoms with Crippen LogP contribution in [0.25, 0.3) is 0 Å². The Morgan fingerprint density at radius 2 is 2.47 bits per heavy atom. The molecule has 2 atom stereocenters. The Bertz CT molecular complexity index is 309. The molecule has 1 saturated heterocycles. The van der Waals surface area contributed by atoms with E-state index < -0.39 is 0 Å². The number of hydrogen-bond acceptors (Lipinski definition) is 3. The standard InChI is InChI=1S/C11H14BrNO2/c12-9-1-2-10(13-6-9)5-11(14)8-3-4-15-7-8/h1-2,6,8,11,14H,3-5,7H2. The number of aromatic nitrogens is 1. The van der Waals surface area contributed by atoms with Gasteiger partial charge in [-0.1, -0.05) is 0 Å². The molecule has 82 valence electrons. The molecule has 1 N–H and O–H groups in total. The Balaban J connectivity index is 1.92. The van der Waals surface area contributed by atoms with Crippen molar-refractivity contribution in [2.75, 3.05) is 13.2 Å². The van der Waals surface area contributed by atoms with Crippen molar-refractivity contribution in [2.45, 2.75) is 18.9 Å². The van der Waals surface area contributed by atoms with Gasteiger partial charge in [-0.3, -0.25) is 4.98 Å². The van der Waals surface area contributed by atoms with Crippen molar-refractivity contribution in [3.63, 3.8) is 0 Å². The molecule has 0 aliphatic carbocycles. The van der Waals surface area contributed by atoms with E-state index in [1.165, 1.54) is 0 Å². The van der Waals surface area contributed by atoms with Crippen LogP contribution in [0.4, 0.5) is 0 Å². The zero-order chi connectivity index (χ0) is 10.7. The van der Waals surface area contributed by atoms with Gasteiger partial charge in [0.05, 0.1) is 12.7 Å². The van der Waals surface area contributed by atoms with Crippen molar-refractivity contribution < 1.29 is 9.84 Å². The summed E-state index contributed by atoms with van der Waals surface area (Å²) >= 11 is 3.33. The van der Waals surface area contributed by atoms with Gasteiger partial charge >= 0.3 is 0 Å². The number of pyridine rings is 1. The molecule has 1 aromatic rings. The number of rotatable bonds is 3. The molecular weight excluding hydrogens is 258 g/mol. The fourth-order valence-electron chi connectivity index (χ4n) is 1.76. The first-order chi connectivity index (χ1) is 7.25. The summed E-state index contributed by atoms with van der Waals surface area (Å²) in [5, 5.41) is 9.94. The molecule has 4 heteroatoms. The van der Waals surface area contributed by atoms with Crippen LogP contribution in [0.15, 0.2) is 22.8 Å². The summed E-state index contributed by atoms with van der Waals surface area (Å²) in [6.07, 6.45) is 2.99. The van der Waals surface area contributed by atoms with E-state index in [0.29, 0.717) is 13.0 Å². The lowest BCUT2D eigenvalue weighted by atomic mass is 9.98. The van der Waals surface area contributed by atoms with Crippen LogP contribution in [-0.4, -0.2) is 29.4 Å². The van der Waals surface area contributed by atoms with Crippen molar-refractivity contribution in [3.8, 4) is 0 Å². The number of halogens is 1. The van der Waals surface area contributed by atoms with Gasteiger partial charge in [-0.05, 0) is 34.5 Å². The molecule has 1 aliphatic rings. The van der Waals surface area contributed by atoms with Crippen molar-refractivity contribution in [3.05, 3.63) is 28.5 Å². The van der Waals surface area contributed by atoms with Gasteiger partial charge in [-0.15, -0.1) is 0 Å². The van der Waals surface area contributed by atoms with Gasteiger partial charge in [-0.25, -0.2) is 0 Å². The molecule has 3 nitrogen and oxygen atoms in total. The third kappa shape index (κ3) is 3.00. The zero-order valence-corrected chi connectivity index (χ0v) is 9.98. The van der Waals surface area contributed by atoms with Crippen LogP contribution in [0.2, 0.25) is 0 Å². The molecule has 2 unspecified atom stereocenters. The highest BCUT2D eigenvalue weighted by Gasteiger charge is 2.24. The Labute approximate surface area is 97.6 Å². The number of aliphatic hydroxyl groups excluding tert-OH is 1. The lowest BCUT2D eigenvalue weighted by molar-refractivity contribution is 0.0911. The quantitative estimate of drug-likeness (QED) is 0.912. The maximum Gasteiger partial charge on any atom is 0.0646 e. The minimum atomic E-state index is -0.332. The van der Waals surface area contributed by atoms with Crippen LogP contribution in [-0.2, 0) is 11.2 Å². The van der Waals surface area contributed by atoms with Gasteiger partial charge in [0.1, 0.15) is 0 Å². The molecule has 1 aliphatic heterocycles. The molecule has 1 aromatic heterocycles. The molecule has 15 heavy (non-hydrogen) atoms. The van der Waals surface area contributed by atoms with Gasteiger partial charge < -0.3 is 9.84 Å². The Kier molecular flexibility index (Phi) is 3.72. The summed E-state index contributed by atoms with van der Waals surface area (Å²) in [5.41, 5.74) is 0.928. The van der Waals surface area contributed by atoms with Gasteiger partial charge in [0.25, 0.3) is 0 Å². The lowest BCUT2D eigenvalue weighted by Crippen LogP contribution is -2.23. The average molecular weight is 272 g/mol. The number of hydrogen-bond donors (Lipinski definition) is 1. The predicted octanol–water partition coefficient (Wildman–Crippen LogP) is 1.78. The van der Waals surface area contributed by atoms with Crippen molar-refractivity contribution in [1.29, 1.82) is 0 Å². The number of aliphatic hydroxyl groups is 1. The van der Waals surface area contributed by atoms with Crippen LogP contribution in [0.1, 0.15) is 12.1 Å². The van der Waals surface area contributed by atoms with E-state index in [9.17, 15) is 5.11 Å². The largest absolute Gasteiger partial charge is 0.392 e. The summed E-state index contributed by atoms with van der Waals surface area (Å²) in [5.74, 6) is 0.274. The van der Waals surface area contributed by atoms with Crippen molar-refractivity contribution in [1.82, 2.24) is 4.98 Å². The minimum absolute atomic E-state index is 0.274. The van der Waals surface area contributed by atoms with E-state index in [1.807, 2.05) is 12.1 Å². The second kappa shape index (κ2) is 5.05. The number of ether oxygens (including phenoxy) is 1. The highest BCUT2D eigenvalue weighted by Crippen LogP contribution is 2.19. The molecule has 0 radical (unpaired) electrons. The summed E-state index contributed by atoms with van der Waals surface area (Å²) in [4.78, 5) is 4.24. The van der Waals surface area contributed by atoms with Gasteiger partial charge in [0.15, 0.2) is 0 Å². The maximum absolute atomic E-state index is 9.94. The summed E-state index contributed by atoms with van der Waals surface area (Å²) in [6, 6.07) is 3.88. The molecule has 2 rings (SSSR count). The van der Waals surface area contributed by atoms with Crippen LogP contribution in [0, 0.1) is 5.92 Å². The second-order valence-electron chi connectivity index (χ2n) is 3.86. The molecular formula is C11H14BrNO2. The van der Waals surface area contributed by atoms with Crippen molar-refractivity contribution in [2.24, 2.45) is 5.92 Å². The first-order valence-corrected chi connectivity index (χ1v) is 5.91. The third-order valence-electron chi connectivity index (χ3n) is 2.72. The molecule has 0 amide bonds.